The Kier molecular flexibility index (Phi) is 6.02. The van der Waals surface area contributed by atoms with Crippen molar-refractivity contribution in [1.82, 2.24) is 9.78 Å². The molecular weight excluding hydrogens is 244 g/mol. The van der Waals surface area contributed by atoms with Crippen molar-refractivity contribution in [3.05, 3.63) is 17.5 Å². The Morgan fingerprint density at radius 1 is 1.47 bits per heavy atom. The van der Waals surface area contributed by atoms with Gasteiger partial charge in [-0.15, -0.1) is 0 Å². The number of rotatable bonds is 7. The van der Waals surface area contributed by atoms with Gasteiger partial charge < -0.3 is 9.84 Å². The Bertz CT molecular complexity index is 415. The van der Waals surface area contributed by atoms with Crippen molar-refractivity contribution in [3.8, 4) is 0 Å². The fourth-order valence-electron chi connectivity index (χ4n) is 2.26. The molecule has 0 aliphatic rings. The van der Waals surface area contributed by atoms with Gasteiger partial charge in [0.05, 0.1) is 24.3 Å². The fraction of sp³-hybridized carbons (Fsp3) is 0.714. The van der Waals surface area contributed by atoms with E-state index in [1.165, 1.54) is 0 Å². The third-order valence-electron chi connectivity index (χ3n) is 3.16. The lowest BCUT2D eigenvalue weighted by atomic mass is 9.91. The Morgan fingerprint density at radius 2 is 2.16 bits per heavy atom. The van der Waals surface area contributed by atoms with Crippen LogP contribution in [0.4, 0.5) is 0 Å². The van der Waals surface area contributed by atoms with Crippen LogP contribution in [0.5, 0.6) is 0 Å². The molecule has 1 rings (SSSR count). The Hall–Kier alpha value is -1.36. The first-order valence-electron chi connectivity index (χ1n) is 6.92. The zero-order chi connectivity index (χ0) is 14.4. The molecule has 0 bridgehead atoms. The molecule has 1 aromatic heterocycles. The molecule has 0 saturated heterocycles. The minimum atomic E-state index is -0.845. The summed E-state index contributed by atoms with van der Waals surface area (Å²) in [5.41, 5.74) is 1.57. The summed E-state index contributed by atoms with van der Waals surface area (Å²) in [6, 6.07) is 0. The molecule has 19 heavy (non-hydrogen) atoms. The third-order valence-corrected chi connectivity index (χ3v) is 3.16. The van der Waals surface area contributed by atoms with Crippen LogP contribution in [0.2, 0.25) is 0 Å². The van der Waals surface area contributed by atoms with E-state index in [2.05, 4.69) is 5.10 Å². The number of carbonyl (C=O) groups is 1. The summed E-state index contributed by atoms with van der Waals surface area (Å²) in [6.45, 7) is 6.08. The van der Waals surface area contributed by atoms with Crippen LogP contribution in [0, 0.1) is 5.92 Å². The molecule has 5 nitrogen and oxygen atoms in total. The smallest absolute Gasteiger partial charge is 0.311 e. The number of hydrogen-bond donors (Lipinski definition) is 1. The van der Waals surface area contributed by atoms with Gasteiger partial charge >= 0.3 is 5.97 Å². The molecule has 0 spiro atoms. The molecular formula is C14H24N2O3. The van der Waals surface area contributed by atoms with E-state index in [0.717, 1.165) is 24.1 Å². The number of aryl methyl sites for hydroxylation is 2. The van der Waals surface area contributed by atoms with Crippen LogP contribution in [0.1, 0.15) is 51.0 Å². The quantitative estimate of drug-likeness (QED) is 0.768. The first-order chi connectivity index (χ1) is 9.04. The molecule has 0 radical (unpaired) electrons. The standard InChI is InChI=1S/C14H24N2O3/c1-5-8-10(14(18)19-7-3)13(17)11-9-16(4)15-12(11)6-2/h9-10,13,17H,5-8H2,1-4H3. The van der Waals surface area contributed by atoms with Crippen molar-refractivity contribution in [1.29, 1.82) is 0 Å². The average Bonchev–Trinajstić information content (AvgIpc) is 2.76. The van der Waals surface area contributed by atoms with Gasteiger partial charge in [0, 0.05) is 18.8 Å². The number of ether oxygens (including phenoxy) is 1. The summed E-state index contributed by atoms with van der Waals surface area (Å²) in [5.74, 6) is -0.845. The lowest BCUT2D eigenvalue weighted by molar-refractivity contribution is -0.152. The van der Waals surface area contributed by atoms with Gasteiger partial charge in [-0.2, -0.15) is 5.10 Å². The monoisotopic (exact) mass is 268 g/mol. The van der Waals surface area contributed by atoms with E-state index in [1.807, 2.05) is 20.9 Å². The second-order valence-electron chi connectivity index (χ2n) is 4.65. The van der Waals surface area contributed by atoms with Crippen LogP contribution < -0.4 is 0 Å². The van der Waals surface area contributed by atoms with Crippen LogP contribution in [0.3, 0.4) is 0 Å². The summed E-state index contributed by atoms with van der Waals surface area (Å²) in [6.07, 6.45) is 3.10. The molecule has 0 aromatic carbocycles. The fourth-order valence-corrected chi connectivity index (χ4v) is 2.26. The minimum Gasteiger partial charge on any atom is -0.466 e. The normalized spacial score (nSPS) is 14.2. The van der Waals surface area contributed by atoms with Gasteiger partial charge in [-0.05, 0) is 19.8 Å². The van der Waals surface area contributed by atoms with Gasteiger partial charge in [-0.25, -0.2) is 0 Å². The van der Waals surface area contributed by atoms with Crippen molar-refractivity contribution in [2.75, 3.05) is 6.61 Å². The predicted octanol–water partition coefficient (Wildman–Crippen LogP) is 2.00. The largest absolute Gasteiger partial charge is 0.466 e. The second-order valence-corrected chi connectivity index (χ2v) is 4.65. The zero-order valence-electron chi connectivity index (χ0n) is 12.2. The average molecular weight is 268 g/mol. The summed E-state index contributed by atoms with van der Waals surface area (Å²) in [7, 11) is 1.81. The number of esters is 1. The van der Waals surface area contributed by atoms with Crippen LogP contribution in [0.15, 0.2) is 6.20 Å². The molecule has 0 aliphatic carbocycles. The molecule has 1 N–H and O–H groups in total. The van der Waals surface area contributed by atoms with Gasteiger partial charge in [0.15, 0.2) is 0 Å². The molecule has 108 valence electrons. The molecule has 1 aromatic rings. The van der Waals surface area contributed by atoms with E-state index in [-0.39, 0.29) is 5.97 Å². The maximum atomic E-state index is 11.9. The van der Waals surface area contributed by atoms with E-state index in [9.17, 15) is 9.90 Å². The molecule has 1 heterocycles. The van der Waals surface area contributed by atoms with E-state index in [4.69, 9.17) is 4.74 Å². The summed E-state index contributed by atoms with van der Waals surface area (Å²) in [4.78, 5) is 11.9. The number of aliphatic hydroxyl groups is 1. The highest BCUT2D eigenvalue weighted by Gasteiger charge is 2.30. The Labute approximate surface area is 114 Å². The summed E-state index contributed by atoms with van der Waals surface area (Å²) in [5, 5.41) is 14.8. The van der Waals surface area contributed by atoms with E-state index in [1.54, 1.807) is 17.8 Å². The van der Waals surface area contributed by atoms with Crippen LogP contribution in [-0.4, -0.2) is 27.5 Å². The van der Waals surface area contributed by atoms with Crippen LogP contribution >= 0.6 is 0 Å². The summed E-state index contributed by atoms with van der Waals surface area (Å²) >= 11 is 0. The lowest BCUT2D eigenvalue weighted by Gasteiger charge is -2.20. The molecule has 0 aliphatic heterocycles. The van der Waals surface area contributed by atoms with Gasteiger partial charge in [0.25, 0.3) is 0 Å². The minimum absolute atomic E-state index is 0.331. The number of nitrogens with zero attached hydrogens (tertiary/aromatic N) is 2. The van der Waals surface area contributed by atoms with Crippen molar-refractivity contribution < 1.29 is 14.6 Å². The van der Waals surface area contributed by atoms with E-state index < -0.39 is 12.0 Å². The first kappa shape index (κ1) is 15.7. The summed E-state index contributed by atoms with van der Waals surface area (Å²) < 4.78 is 6.73. The maximum absolute atomic E-state index is 11.9. The molecule has 0 fully saturated rings. The third kappa shape index (κ3) is 3.80. The number of hydrogen-bond acceptors (Lipinski definition) is 4. The highest BCUT2D eigenvalue weighted by molar-refractivity contribution is 5.73. The highest BCUT2D eigenvalue weighted by atomic mass is 16.5. The zero-order valence-corrected chi connectivity index (χ0v) is 12.2. The van der Waals surface area contributed by atoms with Crippen molar-refractivity contribution in [2.45, 2.75) is 46.1 Å². The Morgan fingerprint density at radius 3 is 2.68 bits per heavy atom. The van der Waals surface area contributed by atoms with Gasteiger partial charge in [0.1, 0.15) is 0 Å². The topological polar surface area (TPSA) is 64.3 Å². The van der Waals surface area contributed by atoms with Gasteiger partial charge in [-0.3, -0.25) is 9.48 Å². The maximum Gasteiger partial charge on any atom is 0.311 e. The van der Waals surface area contributed by atoms with Crippen molar-refractivity contribution >= 4 is 5.97 Å². The van der Waals surface area contributed by atoms with Gasteiger partial charge in [-0.1, -0.05) is 20.3 Å². The van der Waals surface area contributed by atoms with Crippen LogP contribution in [0.25, 0.3) is 0 Å². The number of carbonyl (C=O) groups excluding carboxylic acids is 1. The van der Waals surface area contributed by atoms with E-state index in [0.29, 0.717) is 13.0 Å². The molecule has 5 heteroatoms. The predicted molar refractivity (Wildman–Crippen MR) is 72.6 cm³/mol. The molecule has 0 amide bonds. The van der Waals surface area contributed by atoms with E-state index >= 15 is 0 Å². The molecule has 0 saturated carbocycles. The SMILES string of the molecule is CCCC(C(=O)OCC)C(O)c1cn(C)nc1CC. The Balaban J connectivity index is 2.97. The van der Waals surface area contributed by atoms with Crippen molar-refractivity contribution in [3.63, 3.8) is 0 Å². The number of aliphatic hydroxyl groups excluding tert-OH is 1. The first-order valence-corrected chi connectivity index (χ1v) is 6.92. The van der Waals surface area contributed by atoms with Crippen molar-refractivity contribution in [2.24, 2.45) is 13.0 Å². The number of aromatic nitrogens is 2. The van der Waals surface area contributed by atoms with Gasteiger partial charge in [0.2, 0.25) is 0 Å². The van der Waals surface area contributed by atoms with Crippen LogP contribution in [-0.2, 0) is 23.0 Å². The highest BCUT2D eigenvalue weighted by Crippen LogP contribution is 2.29. The lowest BCUT2D eigenvalue weighted by Crippen LogP contribution is -2.25. The second kappa shape index (κ2) is 7.28. The molecule has 2 atom stereocenters. The molecule has 2 unspecified atom stereocenters.